The van der Waals surface area contributed by atoms with E-state index in [1.807, 2.05) is 0 Å². The molecule has 42 heavy (non-hydrogen) atoms. The fourth-order valence-electron chi connectivity index (χ4n) is 5.09. The number of carbonyl (C=O) groups is 2. The highest BCUT2D eigenvalue weighted by Gasteiger charge is 2.33. The maximum Gasteiger partial charge on any atom is 0.335 e. The third-order valence-corrected chi connectivity index (χ3v) is 8.30. The summed E-state index contributed by atoms with van der Waals surface area (Å²) in [5.74, 6) is -1.55. The summed E-state index contributed by atoms with van der Waals surface area (Å²) in [4.78, 5) is 23.4. The Balaban J connectivity index is 3.37. The molecule has 0 aromatic rings. The Morgan fingerprint density at radius 3 is 1.02 bits per heavy atom. The highest BCUT2D eigenvalue weighted by Crippen LogP contribution is 2.19. The molecule has 0 aromatic heterocycles. The minimum Gasteiger partial charge on any atom is -0.479 e. The third-order valence-electron chi connectivity index (χ3n) is 8.30. The lowest BCUT2D eigenvalue weighted by Crippen LogP contribution is -2.34. The van der Waals surface area contributed by atoms with Crippen molar-refractivity contribution in [2.75, 3.05) is 6.61 Å². The zero-order valence-corrected chi connectivity index (χ0v) is 28.7. The second-order valence-corrected chi connectivity index (χ2v) is 13.6. The highest BCUT2D eigenvalue weighted by atomic mass is 16.5. The van der Waals surface area contributed by atoms with Crippen molar-refractivity contribution in [1.29, 1.82) is 0 Å². The molecule has 0 amide bonds. The predicted octanol–water partition coefficient (Wildman–Crippen LogP) is 11.8. The van der Waals surface area contributed by atoms with Gasteiger partial charge in [-0.25, -0.2) is 9.59 Å². The lowest BCUT2D eigenvalue weighted by molar-refractivity contribution is -0.149. The van der Waals surface area contributed by atoms with Gasteiger partial charge in [0.15, 0.2) is 11.1 Å². The molecule has 6 heteroatoms. The monoisotopic (exact) mass is 595 g/mol. The van der Waals surface area contributed by atoms with Crippen molar-refractivity contribution in [2.45, 2.75) is 213 Å². The highest BCUT2D eigenvalue weighted by molar-refractivity contribution is 5.80. The molecule has 0 radical (unpaired) electrons. The van der Waals surface area contributed by atoms with Gasteiger partial charge in [-0.15, -0.1) is 0 Å². The number of unbranched alkanes of at least 4 members (excludes halogenated alkanes) is 25. The van der Waals surface area contributed by atoms with Crippen LogP contribution < -0.4 is 0 Å². The molecule has 0 heterocycles. The van der Waals surface area contributed by atoms with Gasteiger partial charge in [-0.2, -0.15) is 10.2 Å². The van der Waals surface area contributed by atoms with Gasteiger partial charge in [0.2, 0.25) is 0 Å². The van der Waals surface area contributed by atoms with Crippen LogP contribution in [0.4, 0.5) is 0 Å². The smallest absolute Gasteiger partial charge is 0.335 e. The Morgan fingerprint density at radius 1 is 0.476 bits per heavy atom. The molecule has 0 atom stereocenters. The molecule has 0 bridgehead atoms. The molecule has 1 N–H and O–H groups in total. The zero-order chi connectivity index (χ0) is 31.4. The van der Waals surface area contributed by atoms with Crippen molar-refractivity contribution < 1.29 is 19.4 Å². The molecular formula is C36H70N2O4. The maximum atomic E-state index is 12.3. The van der Waals surface area contributed by atoms with E-state index in [1.165, 1.54) is 168 Å². The second kappa shape index (κ2) is 27.1. The number of esters is 1. The Hall–Kier alpha value is -1.46. The minimum absolute atomic E-state index is 0.374. The van der Waals surface area contributed by atoms with E-state index in [9.17, 15) is 9.59 Å². The van der Waals surface area contributed by atoms with Gasteiger partial charge in [-0.05, 0) is 34.1 Å². The summed E-state index contributed by atoms with van der Waals surface area (Å²) in [6, 6.07) is 0. The molecule has 0 spiro atoms. The molecular weight excluding hydrogens is 524 g/mol. The van der Waals surface area contributed by atoms with Crippen molar-refractivity contribution >= 4 is 11.9 Å². The van der Waals surface area contributed by atoms with Crippen molar-refractivity contribution in [2.24, 2.45) is 10.2 Å². The summed E-state index contributed by atoms with van der Waals surface area (Å²) in [5.41, 5.74) is -2.54. The number of nitrogens with zero attached hydrogens (tertiary/aromatic N) is 2. The topological polar surface area (TPSA) is 88.3 Å². The number of carboxylic acids is 1. The van der Waals surface area contributed by atoms with Crippen molar-refractivity contribution in [3.05, 3.63) is 0 Å². The first-order valence-corrected chi connectivity index (χ1v) is 18.0. The van der Waals surface area contributed by atoms with Crippen LogP contribution in [-0.2, 0) is 14.3 Å². The number of aliphatic carboxylic acids is 1. The van der Waals surface area contributed by atoms with Crippen LogP contribution in [0.2, 0.25) is 0 Å². The summed E-state index contributed by atoms with van der Waals surface area (Å²) in [6.45, 7) is 8.75. The molecule has 0 aromatic carbocycles. The first-order valence-electron chi connectivity index (χ1n) is 18.0. The van der Waals surface area contributed by atoms with E-state index in [-0.39, 0.29) is 0 Å². The zero-order valence-electron chi connectivity index (χ0n) is 28.7. The minimum atomic E-state index is -1.36. The van der Waals surface area contributed by atoms with E-state index < -0.39 is 23.0 Å². The molecule has 0 fully saturated rings. The average molecular weight is 595 g/mol. The van der Waals surface area contributed by atoms with Crippen LogP contribution in [0.5, 0.6) is 0 Å². The summed E-state index contributed by atoms with van der Waals surface area (Å²) >= 11 is 0. The van der Waals surface area contributed by atoms with Gasteiger partial charge in [0.1, 0.15) is 0 Å². The van der Waals surface area contributed by atoms with Gasteiger partial charge in [0.25, 0.3) is 0 Å². The fraction of sp³-hybridized carbons (Fsp3) is 0.944. The standard InChI is InChI=1S/C36H70N2O4/c1-6-7-8-9-10-11-12-13-14-15-16-17-18-19-20-21-22-23-24-25-26-27-28-29-30-31-32-42-34(41)36(4,5)38-37-35(2,3)33(39)40/h6-32H2,1-5H3,(H,39,40). The SMILES string of the molecule is CCCCCCCCCCCCCCCCCCCCCCCCCCCCOC(=O)C(C)(C)N=NC(C)(C)C(=O)O. The van der Waals surface area contributed by atoms with Crippen LogP contribution in [0, 0.1) is 0 Å². The molecule has 0 aliphatic rings. The van der Waals surface area contributed by atoms with Crippen molar-refractivity contribution in [3.8, 4) is 0 Å². The number of hydrogen-bond donors (Lipinski definition) is 1. The molecule has 0 aliphatic carbocycles. The Bertz CT molecular complexity index is 675. The lowest BCUT2D eigenvalue weighted by Gasteiger charge is -2.19. The van der Waals surface area contributed by atoms with Crippen LogP contribution in [-0.4, -0.2) is 34.7 Å². The molecule has 0 rings (SSSR count). The molecule has 0 unspecified atom stereocenters. The number of azo groups is 1. The van der Waals surface area contributed by atoms with Gasteiger partial charge in [0, 0.05) is 0 Å². The summed E-state index contributed by atoms with van der Waals surface area (Å²) in [6.07, 6.45) is 35.5. The number of hydrogen-bond acceptors (Lipinski definition) is 5. The van der Waals surface area contributed by atoms with E-state index >= 15 is 0 Å². The third kappa shape index (κ3) is 25.1. The van der Waals surface area contributed by atoms with E-state index in [0.717, 1.165) is 12.8 Å². The quantitative estimate of drug-likeness (QED) is 0.0491. The van der Waals surface area contributed by atoms with E-state index in [4.69, 9.17) is 9.84 Å². The molecule has 0 saturated carbocycles. The van der Waals surface area contributed by atoms with Gasteiger partial charge in [-0.1, -0.05) is 167 Å². The molecule has 248 valence electrons. The summed E-state index contributed by atoms with van der Waals surface area (Å²) in [7, 11) is 0. The van der Waals surface area contributed by atoms with E-state index in [0.29, 0.717) is 6.61 Å². The van der Waals surface area contributed by atoms with Gasteiger partial charge >= 0.3 is 11.9 Å². The Labute approximate surface area is 260 Å². The predicted molar refractivity (Wildman–Crippen MR) is 177 cm³/mol. The number of ether oxygens (including phenoxy) is 1. The van der Waals surface area contributed by atoms with Gasteiger partial charge < -0.3 is 9.84 Å². The van der Waals surface area contributed by atoms with Crippen LogP contribution in [0.1, 0.15) is 202 Å². The molecule has 0 aliphatic heterocycles. The first kappa shape index (κ1) is 40.5. The molecule has 0 saturated heterocycles. The lowest BCUT2D eigenvalue weighted by atomic mass is 10.0. The number of carbonyl (C=O) groups excluding carboxylic acids is 1. The van der Waals surface area contributed by atoms with Gasteiger partial charge in [0.05, 0.1) is 6.61 Å². The van der Waals surface area contributed by atoms with Crippen LogP contribution >= 0.6 is 0 Å². The van der Waals surface area contributed by atoms with Crippen LogP contribution in [0.25, 0.3) is 0 Å². The van der Waals surface area contributed by atoms with E-state index in [1.54, 1.807) is 13.8 Å². The summed E-state index contributed by atoms with van der Waals surface area (Å²) in [5, 5.41) is 16.9. The first-order chi connectivity index (χ1) is 20.1. The van der Waals surface area contributed by atoms with Crippen molar-refractivity contribution in [1.82, 2.24) is 0 Å². The second-order valence-electron chi connectivity index (χ2n) is 13.6. The number of carboxylic acid groups (broad SMARTS) is 1. The Kier molecular flexibility index (Phi) is 26.2. The number of rotatable bonds is 31. The summed E-state index contributed by atoms with van der Waals surface area (Å²) < 4.78 is 5.35. The molecule has 6 nitrogen and oxygen atoms in total. The van der Waals surface area contributed by atoms with Crippen LogP contribution in [0.3, 0.4) is 0 Å². The Morgan fingerprint density at radius 2 is 0.738 bits per heavy atom. The maximum absolute atomic E-state index is 12.3. The normalized spacial score (nSPS) is 12.3. The van der Waals surface area contributed by atoms with E-state index in [2.05, 4.69) is 17.2 Å². The van der Waals surface area contributed by atoms with Crippen molar-refractivity contribution in [3.63, 3.8) is 0 Å². The fourth-order valence-corrected chi connectivity index (χ4v) is 5.09. The van der Waals surface area contributed by atoms with Gasteiger partial charge in [-0.3, -0.25) is 0 Å². The average Bonchev–Trinajstić information content (AvgIpc) is 2.95. The largest absolute Gasteiger partial charge is 0.479 e. The van der Waals surface area contributed by atoms with Crippen LogP contribution in [0.15, 0.2) is 10.2 Å².